The smallest absolute Gasteiger partial charge is 0.336 e. The molecule has 0 amide bonds. The van der Waals surface area contributed by atoms with Crippen molar-refractivity contribution in [2.24, 2.45) is 0 Å². The standard InChI is InChI=1S/C20H15ClN4O2/c21-16-10-18-13(11-23-25-18)9-19(16)24-17-3-1-2-14(20(26)27)15(17)8-12-4-6-22-7-5-12/h1-7,9-11,24H,8H2,(H,23,25)(H,26,27). The second kappa shape index (κ2) is 7.09. The highest BCUT2D eigenvalue weighted by molar-refractivity contribution is 6.34. The van der Waals surface area contributed by atoms with Gasteiger partial charge in [0.15, 0.2) is 0 Å². The van der Waals surface area contributed by atoms with Gasteiger partial charge < -0.3 is 10.4 Å². The van der Waals surface area contributed by atoms with E-state index in [0.29, 0.717) is 28.4 Å². The van der Waals surface area contributed by atoms with Crippen molar-refractivity contribution >= 4 is 39.8 Å². The average molecular weight is 379 g/mol. The highest BCUT2D eigenvalue weighted by atomic mass is 35.5. The number of nitrogens with one attached hydrogen (secondary N) is 2. The lowest BCUT2D eigenvalue weighted by Crippen LogP contribution is -2.07. The number of rotatable bonds is 5. The van der Waals surface area contributed by atoms with Crippen molar-refractivity contribution in [1.29, 1.82) is 0 Å². The summed E-state index contributed by atoms with van der Waals surface area (Å²) in [4.78, 5) is 15.8. The first-order chi connectivity index (χ1) is 13.1. The van der Waals surface area contributed by atoms with Crippen LogP contribution in [0.25, 0.3) is 10.9 Å². The van der Waals surface area contributed by atoms with E-state index in [1.54, 1.807) is 36.8 Å². The van der Waals surface area contributed by atoms with E-state index < -0.39 is 5.97 Å². The maximum atomic E-state index is 11.7. The number of hydrogen-bond donors (Lipinski definition) is 3. The Kier molecular flexibility index (Phi) is 4.48. The van der Waals surface area contributed by atoms with E-state index in [9.17, 15) is 9.90 Å². The molecule has 2 heterocycles. The summed E-state index contributed by atoms with van der Waals surface area (Å²) >= 11 is 6.39. The van der Waals surface area contributed by atoms with Crippen LogP contribution in [0, 0.1) is 0 Å². The van der Waals surface area contributed by atoms with E-state index in [2.05, 4.69) is 20.5 Å². The minimum absolute atomic E-state index is 0.248. The number of halogens is 1. The summed E-state index contributed by atoms with van der Waals surface area (Å²) in [7, 11) is 0. The third-order valence-corrected chi connectivity index (χ3v) is 4.65. The molecule has 0 bridgehead atoms. The fourth-order valence-corrected chi connectivity index (χ4v) is 3.22. The van der Waals surface area contributed by atoms with E-state index >= 15 is 0 Å². The molecule has 2 aromatic carbocycles. The van der Waals surface area contributed by atoms with E-state index in [1.165, 1.54) is 0 Å². The molecule has 2 aromatic heterocycles. The quantitative estimate of drug-likeness (QED) is 0.470. The normalized spacial score (nSPS) is 10.9. The van der Waals surface area contributed by atoms with Crippen LogP contribution >= 0.6 is 11.6 Å². The summed E-state index contributed by atoms with van der Waals surface area (Å²) in [6, 6.07) is 12.6. The second-order valence-corrected chi connectivity index (χ2v) is 6.49. The molecule has 0 aliphatic rings. The van der Waals surface area contributed by atoms with E-state index in [1.807, 2.05) is 24.3 Å². The number of aromatic nitrogens is 3. The number of aromatic carboxylic acids is 1. The minimum atomic E-state index is -0.973. The molecule has 0 spiro atoms. The van der Waals surface area contributed by atoms with Crippen LogP contribution in [0.3, 0.4) is 0 Å². The number of anilines is 2. The lowest BCUT2D eigenvalue weighted by molar-refractivity contribution is 0.0696. The van der Waals surface area contributed by atoms with Gasteiger partial charge in [0.2, 0.25) is 0 Å². The molecule has 3 N–H and O–H groups in total. The van der Waals surface area contributed by atoms with Crippen LogP contribution in [0.4, 0.5) is 11.4 Å². The van der Waals surface area contributed by atoms with Crippen molar-refractivity contribution in [3.8, 4) is 0 Å². The number of carboxylic acid groups (broad SMARTS) is 1. The highest BCUT2D eigenvalue weighted by Gasteiger charge is 2.16. The molecule has 4 aromatic rings. The lowest BCUT2D eigenvalue weighted by Gasteiger charge is -2.16. The maximum absolute atomic E-state index is 11.7. The summed E-state index contributed by atoms with van der Waals surface area (Å²) in [6.07, 6.45) is 5.55. The number of carboxylic acids is 1. The Bertz CT molecular complexity index is 1130. The minimum Gasteiger partial charge on any atom is -0.478 e. The van der Waals surface area contributed by atoms with Gasteiger partial charge in [-0.05, 0) is 47.5 Å². The van der Waals surface area contributed by atoms with Crippen LogP contribution in [0.15, 0.2) is 61.1 Å². The zero-order valence-electron chi connectivity index (χ0n) is 14.1. The van der Waals surface area contributed by atoms with Gasteiger partial charge in [-0.1, -0.05) is 17.7 Å². The van der Waals surface area contributed by atoms with Gasteiger partial charge >= 0.3 is 5.97 Å². The molecular formula is C20H15ClN4O2. The molecule has 27 heavy (non-hydrogen) atoms. The number of nitrogens with zero attached hydrogens (tertiary/aromatic N) is 2. The average Bonchev–Trinajstić information content (AvgIpc) is 3.11. The van der Waals surface area contributed by atoms with Crippen LogP contribution in [0.2, 0.25) is 5.02 Å². The molecule has 0 aliphatic carbocycles. The van der Waals surface area contributed by atoms with Gasteiger partial charge in [-0.2, -0.15) is 5.10 Å². The van der Waals surface area contributed by atoms with E-state index in [0.717, 1.165) is 16.5 Å². The maximum Gasteiger partial charge on any atom is 0.336 e. The Balaban J connectivity index is 1.78. The zero-order valence-corrected chi connectivity index (χ0v) is 14.9. The van der Waals surface area contributed by atoms with Gasteiger partial charge in [0.05, 0.1) is 28.0 Å². The van der Waals surface area contributed by atoms with Gasteiger partial charge in [-0.3, -0.25) is 10.1 Å². The molecule has 4 rings (SSSR count). The fraction of sp³-hybridized carbons (Fsp3) is 0.0500. The Hall–Kier alpha value is -3.38. The molecule has 0 saturated heterocycles. The monoisotopic (exact) mass is 378 g/mol. The van der Waals surface area contributed by atoms with E-state index in [-0.39, 0.29) is 5.56 Å². The summed E-state index contributed by atoms with van der Waals surface area (Å²) in [5.41, 5.74) is 4.11. The van der Waals surface area contributed by atoms with Crippen LogP contribution in [-0.4, -0.2) is 26.3 Å². The van der Waals surface area contributed by atoms with Crippen molar-refractivity contribution < 1.29 is 9.90 Å². The lowest BCUT2D eigenvalue weighted by atomic mass is 9.98. The molecule has 134 valence electrons. The third-order valence-electron chi connectivity index (χ3n) is 4.33. The molecule has 0 radical (unpaired) electrons. The number of aromatic amines is 1. The first kappa shape index (κ1) is 17.1. The predicted molar refractivity (Wildman–Crippen MR) is 105 cm³/mol. The van der Waals surface area contributed by atoms with Crippen LogP contribution in [0.5, 0.6) is 0 Å². The molecule has 0 unspecified atom stereocenters. The Labute approximate surface area is 159 Å². The van der Waals surface area contributed by atoms with Crippen molar-refractivity contribution in [3.63, 3.8) is 0 Å². The second-order valence-electron chi connectivity index (χ2n) is 6.08. The number of pyridine rings is 1. The highest BCUT2D eigenvalue weighted by Crippen LogP contribution is 2.32. The van der Waals surface area contributed by atoms with Crippen LogP contribution in [0.1, 0.15) is 21.5 Å². The van der Waals surface area contributed by atoms with Crippen LogP contribution in [-0.2, 0) is 6.42 Å². The number of H-pyrrole nitrogens is 1. The van der Waals surface area contributed by atoms with Gasteiger partial charge in [0.1, 0.15) is 0 Å². The molecule has 0 atom stereocenters. The largest absolute Gasteiger partial charge is 0.478 e. The SMILES string of the molecule is O=C(O)c1cccc(Nc2cc3cn[nH]c3cc2Cl)c1Cc1ccncc1. The zero-order chi connectivity index (χ0) is 18.8. The fourth-order valence-electron chi connectivity index (χ4n) is 3.01. The number of fused-ring (bicyclic) bond motifs is 1. The van der Waals surface area contributed by atoms with E-state index in [4.69, 9.17) is 11.6 Å². The van der Waals surface area contributed by atoms with Crippen LogP contribution < -0.4 is 5.32 Å². The summed E-state index contributed by atoms with van der Waals surface area (Å²) in [6.45, 7) is 0. The Morgan fingerprint density at radius 2 is 1.96 bits per heavy atom. The topological polar surface area (TPSA) is 90.9 Å². The van der Waals surface area contributed by atoms with Gasteiger partial charge in [0, 0.05) is 29.9 Å². The predicted octanol–water partition coefficient (Wildman–Crippen LogP) is 4.64. The van der Waals surface area contributed by atoms with Gasteiger partial charge in [-0.15, -0.1) is 0 Å². The first-order valence-corrected chi connectivity index (χ1v) is 8.63. The Morgan fingerprint density at radius 1 is 1.15 bits per heavy atom. The number of hydrogen-bond acceptors (Lipinski definition) is 4. The van der Waals surface area contributed by atoms with Gasteiger partial charge in [0.25, 0.3) is 0 Å². The van der Waals surface area contributed by atoms with Crippen molar-refractivity contribution in [2.45, 2.75) is 6.42 Å². The number of benzene rings is 2. The van der Waals surface area contributed by atoms with Crippen molar-refractivity contribution in [3.05, 3.63) is 82.8 Å². The molecule has 0 fully saturated rings. The van der Waals surface area contributed by atoms with Crippen molar-refractivity contribution in [1.82, 2.24) is 15.2 Å². The summed E-state index contributed by atoms with van der Waals surface area (Å²) in [5, 5.41) is 21.2. The first-order valence-electron chi connectivity index (χ1n) is 8.25. The molecule has 6 nitrogen and oxygen atoms in total. The molecule has 0 saturated carbocycles. The summed E-state index contributed by atoms with van der Waals surface area (Å²) < 4.78 is 0. The summed E-state index contributed by atoms with van der Waals surface area (Å²) in [5.74, 6) is -0.973. The molecular weight excluding hydrogens is 364 g/mol. The molecule has 7 heteroatoms. The third kappa shape index (κ3) is 3.47. The molecule has 0 aliphatic heterocycles. The van der Waals surface area contributed by atoms with Crippen molar-refractivity contribution in [2.75, 3.05) is 5.32 Å². The Morgan fingerprint density at radius 3 is 2.74 bits per heavy atom. The van der Waals surface area contributed by atoms with Gasteiger partial charge in [-0.25, -0.2) is 4.79 Å². The number of carbonyl (C=O) groups is 1.